The number of hydrogen-bond donors (Lipinski definition) is 2. The van der Waals surface area contributed by atoms with Crippen molar-refractivity contribution in [3.8, 4) is 0 Å². The fourth-order valence-electron chi connectivity index (χ4n) is 1.83. The van der Waals surface area contributed by atoms with E-state index in [1.165, 1.54) is 12.0 Å². The van der Waals surface area contributed by atoms with Crippen LogP contribution >= 0.6 is 0 Å². The molecule has 2 heteroatoms. The molecule has 94 valence electrons. The van der Waals surface area contributed by atoms with Gasteiger partial charge in [-0.2, -0.15) is 0 Å². The highest BCUT2D eigenvalue weighted by Crippen LogP contribution is 2.18. The summed E-state index contributed by atoms with van der Waals surface area (Å²) >= 11 is 0. The lowest BCUT2D eigenvalue weighted by Gasteiger charge is -2.19. The van der Waals surface area contributed by atoms with Crippen LogP contribution in [0.5, 0.6) is 0 Å². The van der Waals surface area contributed by atoms with Crippen LogP contribution in [-0.2, 0) is 0 Å². The summed E-state index contributed by atoms with van der Waals surface area (Å²) in [6.07, 6.45) is 1.18. The van der Waals surface area contributed by atoms with Crippen molar-refractivity contribution in [2.75, 3.05) is 19.6 Å². The van der Waals surface area contributed by atoms with Crippen LogP contribution in [0.2, 0.25) is 0 Å². The van der Waals surface area contributed by atoms with Crippen LogP contribution in [0.15, 0.2) is 42.5 Å². The second kappa shape index (κ2) is 8.04. The molecule has 0 heterocycles. The van der Waals surface area contributed by atoms with Gasteiger partial charge in [0.15, 0.2) is 0 Å². The molecule has 0 aliphatic carbocycles. The van der Waals surface area contributed by atoms with E-state index in [-0.39, 0.29) is 6.04 Å². The van der Waals surface area contributed by atoms with Crippen LogP contribution in [0.4, 0.5) is 0 Å². The minimum absolute atomic E-state index is 0.264. The molecular formula is C15H24N2. The van der Waals surface area contributed by atoms with Crippen molar-refractivity contribution in [2.24, 2.45) is 0 Å². The van der Waals surface area contributed by atoms with Crippen LogP contribution in [0.1, 0.15) is 31.9 Å². The first-order valence-electron chi connectivity index (χ1n) is 6.40. The predicted molar refractivity (Wildman–Crippen MR) is 75.2 cm³/mol. The summed E-state index contributed by atoms with van der Waals surface area (Å²) < 4.78 is 0. The molecule has 1 aromatic carbocycles. The molecule has 1 unspecified atom stereocenters. The van der Waals surface area contributed by atoms with Gasteiger partial charge in [0.2, 0.25) is 0 Å². The number of hydrogen-bond acceptors (Lipinski definition) is 2. The first-order valence-corrected chi connectivity index (χ1v) is 6.40. The molecule has 0 radical (unpaired) electrons. The fraction of sp³-hybridized carbons (Fsp3) is 0.467. The Kier molecular flexibility index (Phi) is 6.60. The van der Waals surface area contributed by atoms with Gasteiger partial charge >= 0.3 is 0 Å². The Labute approximate surface area is 105 Å². The van der Waals surface area contributed by atoms with Gasteiger partial charge in [-0.1, -0.05) is 49.4 Å². The van der Waals surface area contributed by atoms with Gasteiger partial charge < -0.3 is 10.6 Å². The molecule has 1 aromatic rings. The monoisotopic (exact) mass is 232 g/mol. The zero-order valence-corrected chi connectivity index (χ0v) is 11.0. The molecule has 0 spiro atoms. The maximum Gasteiger partial charge on any atom is 0.0531 e. The molecule has 2 N–H and O–H groups in total. The van der Waals surface area contributed by atoms with Gasteiger partial charge in [0, 0.05) is 13.1 Å². The van der Waals surface area contributed by atoms with E-state index in [4.69, 9.17) is 0 Å². The predicted octanol–water partition coefficient (Wildman–Crippen LogP) is 2.89. The lowest BCUT2D eigenvalue weighted by Crippen LogP contribution is -2.31. The van der Waals surface area contributed by atoms with Crippen LogP contribution in [-0.4, -0.2) is 19.6 Å². The SMILES string of the molecule is C=C(C)C(NCCNCCC)c1ccccc1. The topological polar surface area (TPSA) is 24.1 Å². The quantitative estimate of drug-likeness (QED) is 0.532. The Bertz CT molecular complexity index is 319. The van der Waals surface area contributed by atoms with E-state index < -0.39 is 0 Å². The summed E-state index contributed by atoms with van der Waals surface area (Å²) in [6, 6.07) is 10.7. The Hall–Kier alpha value is -1.12. The molecule has 0 aliphatic rings. The number of nitrogens with one attached hydrogen (secondary N) is 2. The Morgan fingerprint density at radius 2 is 1.88 bits per heavy atom. The lowest BCUT2D eigenvalue weighted by atomic mass is 10.0. The minimum atomic E-state index is 0.264. The highest BCUT2D eigenvalue weighted by atomic mass is 15.0. The third-order valence-corrected chi connectivity index (χ3v) is 2.70. The summed E-state index contributed by atoms with van der Waals surface area (Å²) in [5.41, 5.74) is 2.45. The van der Waals surface area contributed by atoms with E-state index in [1.807, 2.05) is 6.07 Å². The van der Waals surface area contributed by atoms with E-state index in [2.05, 4.69) is 55.3 Å². The normalized spacial score (nSPS) is 12.4. The maximum atomic E-state index is 4.06. The number of rotatable bonds is 8. The summed E-state index contributed by atoms with van der Waals surface area (Å²) in [4.78, 5) is 0. The van der Waals surface area contributed by atoms with Gasteiger partial charge in [-0.15, -0.1) is 0 Å². The first-order chi connectivity index (χ1) is 8.25. The van der Waals surface area contributed by atoms with Crippen LogP contribution in [0.25, 0.3) is 0 Å². The molecule has 0 amide bonds. The van der Waals surface area contributed by atoms with Crippen molar-refractivity contribution in [1.82, 2.24) is 10.6 Å². The second-order valence-corrected chi connectivity index (χ2v) is 4.39. The molecule has 17 heavy (non-hydrogen) atoms. The van der Waals surface area contributed by atoms with E-state index in [1.54, 1.807) is 0 Å². The van der Waals surface area contributed by atoms with E-state index in [0.29, 0.717) is 0 Å². The third kappa shape index (κ3) is 5.16. The Balaban J connectivity index is 2.42. The van der Waals surface area contributed by atoms with Crippen molar-refractivity contribution >= 4 is 0 Å². The highest BCUT2D eigenvalue weighted by Gasteiger charge is 2.09. The molecule has 2 nitrogen and oxygen atoms in total. The van der Waals surface area contributed by atoms with E-state index >= 15 is 0 Å². The van der Waals surface area contributed by atoms with Crippen molar-refractivity contribution in [3.05, 3.63) is 48.0 Å². The summed E-state index contributed by atoms with van der Waals surface area (Å²) in [6.45, 7) is 11.4. The van der Waals surface area contributed by atoms with Gasteiger partial charge in [-0.05, 0) is 25.5 Å². The molecule has 0 saturated heterocycles. The molecule has 0 saturated carbocycles. The van der Waals surface area contributed by atoms with Gasteiger partial charge in [0.1, 0.15) is 0 Å². The van der Waals surface area contributed by atoms with Crippen LogP contribution < -0.4 is 10.6 Å². The van der Waals surface area contributed by atoms with Crippen LogP contribution in [0, 0.1) is 0 Å². The molecule has 1 atom stereocenters. The Morgan fingerprint density at radius 3 is 2.47 bits per heavy atom. The van der Waals surface area contributed by atoms with Gasteiger partial charge in [0.25, 0.3) is 0 Å². The molecule has 1 rings (SSSR count). The molecular weight excluding hydrogens is 208 g/mol. The average Bonchev–Trinajstić information content (AvgIpc) is 2.34. The minimum Gasteiger partial charge on any atom is -0.315 e. The maximum absolute atomic E-state index is 4.06. The smallest absolute Gasteiger partial charge is 0.0531 e. The van der Waals surface area contributed by atoms with Crippen molar-refractivity contribution in [2.45, 2.75) is 26.3 Å². The van der Waals surface area contributed by atoms with Gasteiger partial charge in [0.05, 0.1) is 6.04 Å². The van der Waals surface area contributed by atoms with Crippen LogP contribution in [0.3, 0.4) is 0 Å². The second-order valence-electron chi connectivity index (χ2n) is 4.39. The van der Waals surface area contributed by atoms with E-state index in [9.17, 15) is 0 Å². The summed E-state index contributed by atoms with van der Waals surface area (Å²) in [7, 11) is 0. The molecule has 0 bridgehead atoms. The zero-order valence-electron chi connectivity index (χ0n) is 11.0. The Morgan fingerprint density at radius 1 is 1.18 bits per heavy atom. The fourth-order valence-corrected chi connectivity index (χ4v) is 1.83. The zero-order chi connectivity index (χ0) is 12.5. The summed E-state index contributed by atoms with van der Waals surface area (Å²) in [5.74, 6) is 0. The van der Waals surface area contributed by atoms with Gasteiger partial charge in [-0.3, -0.25) is 0 Å². The first kappa shape index (κ1) is 13.9. The summed E-state index contributed by atoms with van der Waals surface area (Å²) in [5, 5.41) is 6.92. The molecule has 0 aliphatic heterocycles. The van der Waals surface area contributed by atoms with E-state index in [0.717, 1.165) is 25.2 Å². The van der Waals surface area contributed by atoms with Gasteiger partial charge in [-0.25, -0.2) is 0 Å². The third-order valence-electron chi connectivity index (χ3n) is 2.70. The average molecular weight is 232 g/mol. The highest BCUT2D eigenvalue weighted by molar-refractivity contribution is 5.25. The van der Waals surface area contributed by atoms with Crippen molar-refractivity contribution in [3.63, 3.8) is 0 Å². The lowest BCUT2D eigenvalue weighted by molar-refractivity contribution is 0.559. The largest absolute Gasteiger partial charge is 0.315 e. The standard InChI is InChI=1S/C15H24N2/c1-4-10-16-11-12-17-15(13(2)3)14-8-6-5-7-9-14/h5-9,15-17H,2,4,10-12H2,1,3H3. The number of benzene rings is 1. The molecule has 0 fully saturated rings. The molecule has 0 aromatic heterocycles. The van der Waals surface area contributed by atoms with Crippen molar-refractivity contribution in [1.29, 1.82) is 0 Å². The van der Waals surface area contributed by atoms with Crippen molar-refractivity contribution < 1.29 is 0 Å².